The van der Waals surface area contributed by atoms with E-state index in [1.165, 1.54) is 0 Å². The SMILES string of the molecule is CC(C(=O)NCCc1ccc(Cl)cc1)N(c1ccc(Oc2ccccc2)cc1)S(C)(=O)=O. The molecule has 0 radical (unpaired) electrons. The van der Waals surface area contributed by atoms with Gasteiger partial charge in [0, 0.05) is 11.6 Å². The van der Waals surface area contributed by atoms with Crippen molar-refractivity contribution in [1.29, 1.82) is 0 Å². The average Bonchev–Trinajstić information content (AvgIpc) is 2.76. The molecule has 3 rings (SSSR count). The molecule has 0 heterocycles. The van der Waals surface area contributed by atoms with Gasteiger partial charge in [-0.15, -0.1) is 0 Å². The van der Waals surface area contributed by atoms with Crippen molar-refractivity contribution < 1.29 is 17.9 Å². The predicted molar refractivity (Wildman–Crippen MR) is 128 cm³/mol. The van der Waals surface area contributed by atoms with Gasteiger partial charge in [-0.05, 0) is 67.4 Å². The summed E-state index contributed by atoms with van der Waals surface area (Å²) in [5, 5.41) is 3.46. The molecule has 0 spiro atoms. The Bertz CT molecular complexity index is 1130. The van der Waals surface area contributed by atoms with Gasteiger partial charge in [-0.2, -0.15) is 0 Å². The number of halogens is 1. The minimum absolute atomic E-state index is 0.381. The van der Waals surface area contributed by atoms with Gasteiger partial charge in [0.05, 0.1) is 11.9 Å². The second-order valence-electron chi connectivity index (χ2n) is 7.31. The van der Waals surface area contributed by atoms with Crippen LogP contribution in [-0.2, 0) is 21.2 Å². The Hall–Kier alpha value is -3.03. The Kier molecular flexibility index (Phi) is 7.77. The van der Waals surface area contributed by atoms with Crippen LogP contribution in [0.1, 0.15) is 12.5 Å². The average molecular weight is 473 g/mol. The smallest absolute Gasteiger partial charge is 0.243 e. The Morgan fingerprint density at radius 1 is 0.969 bits per heavy atom. The third kappa shape index (κ3) is 6.48. The molecule has 0 saturated carbocycles. The number of rotatable bonds is 9. The van der Waals surface area contributed by atoms with Crippen LogP contribution in [0.5, 0.6) is 11.5 Å². The molecule has 0 bridgehead atoms. The summed E-state index contributed by atoms with van der Waals surface area (Å²) in [7, 11) is -3.70. The quantitative estimate of drug-likeness (QED) is 0.492. The summed E-state index contributed by atoms with van der Waals surface area (Å²) in [6, 6.07) is 22.3. The summed E-state index contributed by atoms with van der Waals surface area (Å²) in [5.41, 5.74) is 1.41. The van der Waals surface area contributed by atoms with Gasteiger partial charge in [0.15, 0.2) is 0 Å². The molecule has 0 aliphatic carbocycles. The molecule has 6 nitrogen and oxygen atoms in total. The highest BCUT2D eigenvalue weighted by Crippen LogP contribution is 2.27. The van der Waals surface area contributed by atoms with E-state index in [1.54, 1.807) is 43.3 Å². The summed E-state index contributed by atoms with van der Waals surface area (Å²) in [6.45, 7) is 1.94. The van der Waals surface area contributed by atoms with E-state index in [0.717, 1.165) is 16.1 Å². The number of carbonyl (C=O) groups excluding carboxylic acids is 1. The number of carbonyl (C=O) groups is 1. The first kappa shape index (κ1) is 23.6. The molecule has 32 heavy (non-hydrogen) atoms. The van der Waals surface area contributed by atoms with Crippen molar-refractivity contribution in [3.05, 3.63) is 89.4 Å². The van der Waals surface area contributed by atoms with Crippen LogP contribution in [-0.4, -0.2) is 33.2 Å². The maximum atomic E-state index is 12.7. The van der Waals surface area contributed by atoms with Gasteiger partial charge in [-0.1, -0.05) is 41.9 Å². The van der Waals surface area contributed by atoms with Gasteiger partial charge < -0.3 is 10.1 Å². The lowest BCUT2D eigenvalue weighted by Gasteiger charge is -2.28. The third-order valence-corrected chi connectivity index (χ3v) is 6.28. The number of para-hydroxylation sites is 1. The summed E-state index contributed by atoms with van der Waals surface area (Å²) in [6.07, 6.45) is 1.69. The Balaban J connectivity index is 1.67. The molecular formula is C24H25ClN2O4S. The lowest BCUT2D eigenvalue weighted by Crippen LogP contribution is -2.48. The van der Waals surface area contributed by atoms with Crippen molar-refractivity contribution in [2.45, 2.75) is 19.4 Å². The van der Waals surface area contributed by atoms with Gasteiger partial charge >= 0.3 is 0 Å². The molecule has 1 amide bonds. The topological polar surface area (TPSA) is 75.7 Å². The molecule has 1 unspecified atom stereocenters. The summed E-state index contributed by atoms with van der Waals surface area (Å²) in [4.78, 5) is 12.7. The third-order valence-electron chi connectivity index (χ3n) is 4.78. The summed E-state index contributed by atoms with van der Waals surface area (Å²) >= 11 is 5.88. The fourth-order valence-corrected chi connectivity index (χ4v) is 4.52. The van der Waals surface area contributed by atoms with E-state index in [-0.39, 0.29) is 5.91 Å². The normalized spacial score (nSPS) is 12.1. The number of nitrogens with one attached hydrogen (secondary N) is 1. The Labute approximate surface area is 193 Å². The van der Waals surface area contributed by atoms with E-state index in [0.29, 0.717) is 35.2 Å². The molecule has 0 aromatic heterocycles. The molecule has 0 saturated heterocycles. The number of ether oxygens (including phenoxy) is 1. The standard InChI is InChI=1S/C24H25ClN2O4S/c1-18(24(28)26-17-16-19-8-10-20(25)11-9-19)27(32(2,29)30)21-12-14-23(15-13-21)31-22-6-4-3-5-7-22/h3-15,18H,16-17H2,1-2H3,(H,26,28). The molecule has 8 heteroatoms. The molecule has 0 aliphatic heterocycles. The van der Waals surface area contributed by atoms with Gasteiger partial charge in [0.1, 0.15) is 17.5 Å². The van der Waals surface area contributed by atoms with E-state index in [9.17, 15) is 13.2 Å². The molecule has 1 atom stereocenters. The van der Waals surface area contributed by atoms with Crippen LogP contribution in [0, 0.1) is 0 Å². The first-order valence-electron chi connectivity index (χ1n) is 10.1. The Morgan fingerprint density at radius 2 is 1.56 bits per heavy atom. The number of sulfonamides is 1. The zero-order valence-electron chi connectivity index (χ0n) is 17.9. The summed E-state index contributed by atoms with van der Waals surface area (Å²) < 4.78 is 31.8. The van der Waals surface area contributed by atoms with Crippen LogP contribution < -0.4 is 14.4 Å². The maximum Gasteiger partial charge on any atom is 0.243 e. The van der Waals surface area contributed by atoms with Gasteiger partial charge in [0.25, 0.3) is 0 Å². The number of nitrogens with zero attached hydrogens (tertiary/aromatic N) is 1. The zero-order valence-corrected chi connectivity index (χ0v) is 19.4. The lowest BCUT2D eigenvalue weighted by molar-refractivity contribution is -0.121. The predicted octanol–water partition coefficient (Wildman–Crippen LogP) is 4.65. The maximum absolute atomic E-state index is 12.7. The number of benzene rings is 3. The van der Waals surface area contributed by atoms with E-state index in [1.807, 2.05) is 42.5 Å². The van der Waals surface area contributed by atoms with Crippen molar-refractivity contribution in [2.24, 2.45) is 0 Å². The van der Waals surface area contributed by atoms with Crippen LogP contribution >= 0.6 is 11.6 Å². The highest BCUT2D eigenvalue weighted by atomic mass is 35.5. The van der Waals surface area contributed by atoms with Gasteiger partial charge in [-0.25, -0.2) is 8.42 Å². The van der Waals surface area contributed by atoms with Crippen LogP contribution in [0.3, 0.4) is 0 Å². The van der Waals surface area contributed by atoms with E-state index >= 15 is 0 Å². The van der Waals surface area contributed by atoms with E-state index in [2.05, 4.69) is 5.32 Å². The molecule has 3 aromatic carbocycles. The number of hydrogen-bond acceptors (Lipinski definition) is 4. The first-order valence-corrected chi connectivity index (χ1v) is 12.3. The monoisotopic (exact) mass is 472 g/mol. The van der Waals surface area contributed by atoms with Crippen molar-refractivity contribution >= 4 is 33.2 Å². The van der Waals surface area contributed by atoms with Crippen LogP contribution in [0.15, 0.2) is 78.9 Å². The number of hydrogen-bond donors (Lipinski definition) is 1. The van der Waals surface area contributed by atoms with Crippen molar-refractivity contribution in [3.8, 4) is 11.5 Å². The van der Waals surface area contributed by atoms with Crippen LogP contribution in [0.4, 0.5) is 5.69 Å². The molecule has 168 valence electrons. The first-order chi connectivity index (χ1) is 15.2. The van der Waals surface area contributed by atoms with E-state index in [4.69, 9.17) is 16.3 Å². The van der Waals surface area contributed by atoms with Gasteiger partial charge in [-0.3, -0.25) is 9.10 Å². The fraction of sp³-hybridized carbons (Fsp3) is 0.208. The lowest BCUT2D eigenvalue weighted by atomic mass is 10.1. The molecule has 1 N–H and O–H groups in total. The minimum Gasteiger partial charge on any atom is -0.457 e. The minimum atomic E-state index is -3.70. The highest BCUT2D eigenvalue weighted by molar-refractivity contribution is 7.92. The second kappa shape index (κ2) is 10.5. The summed E-state index contributed by atoms with van der Waals surface area (Å²) in [5.74, 6) is 0.858. The van der Waals surface area contributed by atoms with Crippen molar-refractivity contribution in [3.63, 3.8) is 0 Å². The van der Waals surface area contributed by atoms with Crippen LogP contribution in [0.2, 0.25) is 5.02 Å². The van der Waals surface area contributed by atoms with Crippen molar-refractivity contribution in [2.75, 3.05) is 17.1 Å². The Morgan fingerprint density at radius 3 is 2.16 bits per heavy atom. The van der Waals surface area contributed by atoms with Crippen molar-refractivity contribution in [1.82, 2.24) is 5.32 Å². The molecular weight excluding hydrogens is 448 g/mol. The second-order valence-corrected chi connectivity index (χ2v) is 9.61. The molecule has 0 fully saturated rings. The van der Waals surface area contributed by atoms with Gasteiger partial charge in [0.2, 0.25) is 15.9 Å². The largest absolute Gasteiger partial charge is 0.457 e. The van der Waals surface area contributed by atoms with E-state index < -0.39 is 16.1 Å². The molecule has 0 aliphatic rings. The van der Waals surface area contributed by atoms with Crippen LogP contribution in [0.25, 0.3) is 0 Å². The zero-order chi connectivity index (χ0) is 23.1. The molecule has 3 aromatic rings. The number of amides is 1. The fourth-order valence-electron chi connectivity index (χ4n) is 3.22. The highest BCUT2D eigenvalue weighted by Gasteiger charge is 2.29. The number of anilines is 1.